The molecule has 0 saturated carbocycles. The molecule has 0 bridgehead atoms. The van der Waals surface area contributed by atoms with Crippen LogP contribution in [0.4, 0.5) is 4.39 Å². The minimum Gasteiger partial charge on any atom is -0.496 e. The van der Waals surface area contributed by atoms with E-state index in [2.05, 4.69) is 4.98 Å². The van der Waals surface area contributed by atoms with Crippen LogP contribution in [0.1, 0.15) is 5.56 Å². The van der Waals surface area contributed by atoms with Crippen LogP contribution >= 0.6 is 11.8 Å². The molecule has 1 heterocycles. The number of aromatic nitrogens is 2. The molecule has 0 aliphatic rings. The van der Waals surface area contributed by atoms with E-state index in [-0.39, 0.29) is 5.82 Å². The van der Waals surface area contributed by atoms with Crippen molar-refractivity contribution in [1.82, 2.24) is 9.55 Å². The van der Waals surface area contributed by atoms with E-state index in [0.29, 0.717) is 11.5 Å². The molecule has 0 fully saturated rings. The van der Waals surface area contributed by atoms with Crippen molar-refractivity contribution in [3.8, 4) is 5.75 Å². The summed E-state index contributed by atoms with van der Waals surface area (Å²) in [6.07, 6.45) is 0. The molecule has 3 rings (SSSR count). The first-order valence-electron chi connectivity index (χ1n) is 6.55. The number of para-hydroxylation sites is 2. The normalized spacial score (nSPS) is 11.0. The summed E-state index contributed by atoms with van der Waals surface area (Å²) in [7, 11) is 3.58. The van der Waals surface area contributed by atoms with Crippen molar-refractivity contribution in [2.24, 2.45) is 7.05 Å². The number of nitrogens with zero attached hydrogens (tertiary/aromatic N) is 2. The quantitative estimate of drug-likeness (QED) is 0.681. The van der Waals surface area contributed by atoms with Gasteiger partial charge in [-0.2, -0.15) is 0 Å². The largest absolute Gasteiger partial charge is 0.496 e. The van der Waals surface area contributed by atoms with Crippen LogP contribution < -0.4 is 4.74 Å². The smallest absolute Gasteiger partial charge is 0.169 e. The number of thioether (sulfide) groups is 1. The fourth-order valence-corrected chi connectivity index (χ4v) is 3.22. The Bertz CT molecular complexity index is 785. The number of halogens is 1. The van der Waals surface area contributed by atoms with Gasteiger partial charge in [0.05, 0.1) is 18.1 Å². The van der Waals surface area contributed by atoms with Gasteiger partial charge in [0, 0.05) is 18.4 Å². The summed E-state index contributed by atoms with van der Waals surface area (Å²) in [6, 6.07) is 12.6. The van der Waals surface area contributed by atoms with Crippen LogP contribution in [0.25, 0.3) is 11.0 Å². The van der Waals surface area contributed by atoms with Crippen LogP contribution in [-0.4, -0.2) is 16.7 Å². The Kier molecular flexibility index (Phi) is 3.84. The molecule has 0 amide bonds. The number of methoxy groups -OCH3 is 1. The molecule has 108 valence electrons. The predicted molar refractivity (Wildman–Crippen MR) is 83.2 cm³/mol. The molecule has 1 aromatic heterocycles. The lowest BCUT2D eigenvalue weighted by molar-refractivity contribution is 0.410. The molecule has 3 aromatic rings. The lowest BCUT2D eigenvalue weighted by Gasteiger charge is -2.08. The van der Waals surface area contributed by atoms with Crippen LogP contribution in [-0.2, 0) is 12.8 Å². The van der Waals surface area contributed by atoms with E-state index in [9.17, 15) is 4.39 Å². The molecule has 0 aliphatic heterocycles. The zero-order valence-corrected chi connectivity index (χ0v) is 12.7. The van der Waals surface area contributed by atoms with Crippen molar-refractivity contribution in [2.45, 2.75) is 10.9 Å². The van der Waals surface area contributed by atoms with E-state index < -0.39 is 0 Å². The number of rotatable bonds is 4. The van der Waals surface area contributed by atoms with Crippen molar-refractivity contribution in [3.05, 3.63) is 53.8 Å². The Morgan fingerprint density at radius 2 is 2.05 bits per heavy atom. The maximum absolute atomic E-state index is 13.4. The van der Waals surface area contributed by atoms with Crippen LogP contribution in [0.3, 0.4) is 0 Å². The van der Waals surface area contributed by atoms with Crippen molar-refractivity contribution < 1.29 is 9.13 Å². The summed E-state index contributed by atoms with van der Waals surface area (Å²) in [4.78, 5) is 4.60. The lowest BCUT2D eigenvalue weighted by atomic mass is 10.2. The highest BCUT2D eigenvalue weighted by Crippen LogP contribution is 2.29. The van der Waals surface area contributed by atoms with Gasteiger partial charge < -0.3 is 9.30 Å². The third kappa shape index (κ3) is 2.74. The summed E-state index contributed by atoms with van der Waals surface area (Å²) < 4.78 is 20.7. The van der Waals surface area contributed by atoms with Crippen LogP contribution in [0, 0.1) is 5.82 Å². The molecule has 0 saturated heterocycles. The Hall–Kier alpha value is -2.01. The SMILES string of the molecule is COc1ccc(F)cc1CSc1nc2ccccc2n1C. The highest BCUT2D eigenvalue weighted by molar-refractivity contribution is 7.98. The van der Waals surface area contributed by atoms with Crippen molar-refractivity contribution in [1.29, 1.82) is 0 Å². The van der Waals surface area contributed by atoms with E-state index >= 15 is 0 Å². The van der Waals surface area contributed by atoms with Gasteiger partial charge in [-0.3, -0.25) is 0 Å². The number of hydrogen-bond donors (Lipinski definition) is 0. The molecular formula is C16H15FN2OS. The standard InChI is InChI=1S/C16H15FN2OS/c1-19-14-6-4-3-5-13(14)18-16(19)21-10-11-9-12(17)7-8-15(11)20-2/h3-9H,10H2,1-2H3. The molecule has 0 N–H and O–H groups in total. The molecule has 21 heavy (non-hydrogen) atoms. The fourth-order valence-electron chi connectivity index (χ4n) is 2.25. The number of fused-ring (bicyclic) bond motifs is 1. The maximum Gasteiger partial charge on any atom is 0.169 e. The predicted octanol–water partition coefficient (Wildman–Crippen LogP) is 4.01. The van der Waals surface area contributed by atoms with E-state index in [1.165, 1.54) is 12.1 Å². The zero-order chi connectivity index (χ0) is 14.8. The zero-order valence-electron chi connectivity index (χ0n) is 11.8. The average Bonchev–Trinajstić information content (AvgIpc) is 2.82. The van der Waals surface area contributed by atoms with Gasteiger partial charge in [0.2, 0.25) is 0 Å². The summed E-state index contributed by atoms with van der Waals surface area (Å²) in [6.45, 7) is 0. The maximum atomic E-state index is 13.4. The van der Waals surface area contributed by atoms with Gasteiger partial charge in [-0.05, 0) is 30.3 Å². The first kappa shape index (κ1) is 13.9. The monoisotopic (exact) mass is 302 g/mol. The van der Waals surface area contributed by atoms with Gasteiger partial charge in [0.1, 0.15) is 11.6 Å². The molecule has 0 atom stereocenters. The number of aryl methyl sites for hydroxylation is 1. The average molecular weight is 302 g/mol. The second-order valence-electron chi connectivity index (χ2n) is 4.69. The Labute approximate surface area is 126 Å². The minimum absolute atomic E-state index is 0.253. The van der Waals surface area contributed by atoms with Gasteiger partial charge in [0.25, 0.3) is 0 Å². The fraction of sp³-hybridized carbons (Fsp3) is 0.188. The van der Waals surface area contributed by atoms with Crippen molar-refractivity contribution in [3.63, 3.8) is 0 Å². The molecule has 0 spiro atoms. The Morgan fingerprint density at radius 3 is 2.81 bits per heavy atom. The number of benzene rings is 2. The van der Waals surface area contributed by atoms with E-state index in [1.54, 1.807) is 24.9 Å². The van der Waals surface area contributed by atoms with Gasteiger partial charge >= 0.3 is 0 Å². The summed E-state index contributed by atoms with van der Waals surface area (Å²) >= 11 is 1.57. The van der Waals surface area contributed by atoms with Crippen molar-refractivity contribution >= 4 is 22.8 Å². The number of ether oxygens (including phenoxy) is 1. The molecule has 3 nitrogen and oxygen atoms in total. The summed E-state index contributed by atoms with van der Waals surface area (Å²) in [5.41, 5.74) is 2.88. The molecule has 0 unspecified atom stereocenters. The van der Waals surface area contributed by atoms with Crippen molar-refractivity contribution in [2.75, 3.05) is 7.11 Å². The second kappa shape index (κ2) is 5.77. The van der Waals surface area contributed by atoms with Crippen LogP contribution in [0.15, 0.2) is 47.6 Å². The van der Waals surface area contributed by atoms with E-state index in [0.717, 1.165) is 21.8 Å². The third-order valence-corrected chi connectivity index (χ3v) is 4.42. The molecule has 5 heteroatoms. The third-order valence-electron chi connectivity index (χ3n) is 3.35. The highest BCUT2D eigenvalue weighted by atomic mass is 32.2. The minimum atomic E-state index is -0.253. The topological polar surface area (TPSA) is 27.1 Å². The highest BCUT2D eigenvalue weighted by Gasteiger charge is 2.10. The van der Waals surface area contributed by atoms with Gasteiger partial charge in [0.15, 0.2) is 5.16 Å². The van der Waals surface area contributed by atoms with Gasteiger partial charge in [-0.1, -0.05) is 23.9 Å². The van der Waals surface area contributed by atoms with Crippen LogP contribution in [0.2, 0.25) is 0 Å². The van der Waals surface area contributed by atoms with E-state index in [1.807, 2.05) is 35.9 Å². The first-order valence-corrected chi connectivity index (χ1v) is 7.54. The van der Waals surface area contributed by atoms with E-state index in [4.69, 9.17) is 4.74 Å². The van der Waals surface area contributed by atoms with Crippen LogP contribution in [0.5, 0.6) is 5.75 Å². The first-order chi connectivity index (χ1) is 10.2. The summed E-state index contributed by atoms with van der Waals surface area (Å²) in [5, 5.41) is 0.905. The molecular weight excluding hydrogens is 287 g/mol. The van der Waals surface area contributed by atoms with Gasteiger partial charge in [-0.25, -0.2) is 9.37 Å². The number of imidazole rings is 1. The number of hydrogen-bond acceptors (Lipinski definition) is 3. The molecule has 2 aromatic carbocycles. The molecule has 0 radical (unpaired) electrons. The molecule has 0 aliphatic carbocycles. The Balaban J connectivity index is 1.87. The second-order valence-corrected chi connectivity index (χ2v) is 5.63. The van der Waals surface area contributed by atoms with Gasteiger partial charge in [-0.15, -0.1) is 0 Å². The summed E-state index contributed by atoms with van der Waals surface area (Å²) in [5.74, 6) is 1.05. The lowest BCUT2D eigenvalue weighted by Crippen LogP contribution is -1.94. The Morgan fingerprint density at radius 1 is 1.24 bits per heavy atom.